The van der Waals surface area contributed by atoms with Crippen LogP contribution < -0.4 is 9.64 Å². The summed E-state index contributed by atoms with van der Waals surface area (Å²) in [5, 5.41) is 0. The highest BCUT2D eigenvalue weighted by molar-refractivity contribution is 7.57. The Hall–Kier alpha value is -2.34. The van der Waals surface area contributed by atoms with E-state index in [2.05, 4.69) is 0 Å². The summed E-state index contributed by atoms with van der Waals surface area (Å²) in [6.45, 7) is 9.85. The molecule has 2 atom stereocenters. The van der Waals surface area contributed by atoms with Gasteiger partial charge in [0.05, 0.1) is 13.0 Å². The van der Waals surface area contributed by atoms with E-state index in [-0.39, 0.29) is 25.5 Å². The highest BCUT2D eigenvalue weighted by Gasteiger charge is 2.45. The standard InChI is InChI=1S/C26H37N2O5P/c1-9-31-34(30,28(8)15-14-24(29)33-26(3,4)5)25-20-12-10-18(2)16-22(20)32-23-17-19(27(6)7)11-13-21(23)25/h10-13,16-17,25H,9,14-15H2,1-8H3. The number of rotatable bonds is 8. The van der Waals surface area contributed by atoms with Crippen molar-refractivity contribution >= 4 is 19.2 Å². The fourth-order valence-corrected chi connectivity index (χ4v) is 6.67. The minimum atomic E-state index is -3.48. The highest BCUT2D eigenvalue weighted by Crippen LogP contribution is 2.68. The molecule has 3 rings (SSSR count). The molecule has 2 unspecified atom stereocenters. The second kappa shape index (κ2) is 10.1. The Labute approximate surface area is 203 Å². The number of carbonyl (C=O) groups excluding carboxylic acids is 1. The molecule has 0 saturated carbocycles. The summed E-state index contributed by atoms with van der Waals surface area (Å²) in [6.07, 6.45) is 0.112. The van der Waals surface area contributed by atoms with Crippen molar-refractivity contribution in [2.45, 2.75) is 52.3 Å². The summed E-state index contributed by atoms with van der Waals surface area (Å²) in [5.74, 6) is 1.00. The zero-order chi connectivity index (χ0) is 25.3. The first kappa shape index (κ1) is 26.3. The second-order valence-corrected chi connectivity index (χ2v) is 12.4. The van der Waals surface area contributed by atoms with Crippen LogP contribution in [0.1, 0.15) is 56.5 Å². The maximum Gasteiger partial charge on any atom is 0.307 e. The SMILES string of the molecule is CCOP(=O)(C1c2ccc(C)cc2Oc2cc(N(C)C)ccc21)N(C)CCC(=O)OC(C)(C)C. The number of nitrogens with zero attached hydrogens (tertiary/aromatic N) is 2. The smallest absolute Gasteiger partial charge is 0.307 e. The van der Waals surface area contributed by atoms with Crippen LogP contribution in [-0.4, -0.2) is 50.5 Å². The van der Waals surface area contributed by atoms with Gasteiger partial charge in [0.15, 0.2) is 0 Å². The Kier molecular flexibility index (Phi) is 7.81. The zero-order valence-electron chi connectivity index (χ0n) is 21.5. The maximum absolute atomic E-state index is 14.7. The fourth-order valence-electron chi connectivity index (χ4n) is 4.05. The normalized spacial score (nSPS) is 16.8. The Morgan fingerprint density at radius 1 is 1.06 bits per heavy atom. The van der Waals surface area contributed by atoms with E-state index in [1.807, 2.05) is 90.0 Å². The Morgan fingerprint density at radius 3 is 2.26 bits per heavy atom. The average molecular weight is 489 g/mol. The highest BCUT2D eigenvalue weighted by atomic mass is 31.2. The van der Waals surface area contributed by atoms with E-state index in [9.17, 15) is 9.36 Å². The molecule has 7 nitrogen and oxygen atoms in total. The van der Waals surface area contributed by atoms with Crippen LogP contribution >= 0.6 is 7.52 Å². The molecule has 0 saturated heterocycles. The van der Waals surface area contributed by atoms with E-state index < -0.39 is 18.8 Å². The molecular weight excluding hydrogens is 451 g/mol. The van der Waals surface area contributed by atoms with E-state index in [1.54, 1.807) is 11.7 Å². The van der Waals surface area contributed by atoms with Crippen molar-refractivity contribution in [3.8, 4) is 11.5 Å². The van der Waals surface area contributed by atoms with Crippen molar-refractivity contribution in [2.75, 3.05) is 39.2 Å². The largest absolute Gasteiger partial charge is 0.460 e. The molecule has 1 aliphatic rings. The third-order valence-corrected chi connectivity index (χ3v) is 8.66. The van der Waals surface area contributed by atoms with Gasteiger partial charge in [-0.05, 0) is 59.4 Å². The van der Waals surface area contributed by atoms with E-state index in [4.69, 9.17) is 14.0 Å². The first-order valence-electron chi connectivity index (χ1n) is 11.6. The predicted molar refractivity (Wildman–Crippen MR) is 136 cm³/mol. The minimum Gasteiger partial charge on any atom is -0.460 e. The number of fused-ring (bicyclic) bond motifs is 2. The minimum absolute atomic E-state index is 0.112. The van der Waals surface area contributed by atoms with E-state index in [1.165, 1.54) is 0 Å². The fraction of sp³-hybridized carbons (Fsp3) is 0.500. The van der Waals surface area contributed by atoms with Gasteiger partial charge in [0.25, 0.3) is 7.52 Å². The van der Waals surface area contributed by atoms with Crippen LogP contribution in [0.4, 0.5) is 5.69 Å². The third-order valence-electron chi connectivity index (χ3n) is 5.67. The molecule has 0 fully saturated rings. The monoisotopic (exact) mass is 488 g/mol. The second-order valence-electron chi connectivity index (χ2n) is 9.86. The number of anilines is 1. The van der Waals surface area contributed by atoms with E-state index in [0.717, 1.165) is 22.4 Å². The van der Waals surface area contributed by atoms with E-state index in [0.29, 0.717) is 11.5 Å². The summed E-state index contributed by atoms with van der Waals surface area (Å²) < 4.78 is 34.2. The molecule has 0 amide bonds. The molecule has 2 aromatic carbocycles. The molecule has 0 bridgehead atoms. The summed E-state index contributed by atoms with van der Waals surface area (Å²) in [6, 6.07) is 11.8. The van der Waals surface area contributed by atoms with Gasteiger partial charge in [0, 0.05) is 43.5 Å². The first-order chi connectivity index (χ1) is 15.9. The molecule has 186 valence electrons. The van der Waals surface area contributed by atoms with Crippen LogP contribution in [-0.2, 0) is 18.6 Å². The Bertz CT molecular complexity index is 1090. The number of carbonyl (C=O) groups is 1. The number of hydrogen-bond donors (Lipinski definition) is 0. The summed E-state index contributed by atoms with van der Waals surface area (Å²) in [7, 11) is 2.20. The van der Waals surface area contributed by atoms with Crippen LogP contribution in [0.5, 0.6) is 11.5 Å². The third kappa shape index (κ3) is 5.65. The van der Waals surface area contributed by atoms with Gasteiger partial charge >= 0.3 is 5.97 Å². The molecule has 0 N–H and O–H groups in total. The van der Waals surface area contributed by atoms with Gasteiger partial charge in [0.1, 0.15) is 22.8 Å². The lowest BCUT2D eigenvalue weighted by Crippen LogP contribution is -2.29. The number of ether oxygens (including phenoxy) is 2. The van der Waals surface area contributed by atoms with Gasteiger partial charge in [-0.1, -0.05) is 18.2 Å². The molecule has 0 aromatic heterocycles. The number of aryl methyl sites for hydroxylation is 1. The van der Waals surface area contributed by atoms with Crippen LogP contribution in [0, 0.1) is 6.92 Å². The molecule has 2 aromatic rings. The quantitative estimate of drug-likeness (QED) is 0.326. The molecule has 0 aliphatic carbocycles. The van der Waals surface area contributed by atoms with Crippen molar-refractivity contribution < 1.29 is 23.4 Å². The van der Waals surface area contributed by atoms with Crippen LogP contribution in [0.15, 0.2) is 36.4 Å². The molecule has 1 aliphatic heterocycles. The Balaban J connectivity index is 2.04. The van der Waals surface area contributed by atoms with Crippen LogP contribution in [0.3, 0.4) is 0 Å². The van der Waals surface area contributed by atoms with E-state index >= 15 is 0 Å². The van der Waals surface area contributed by atoms with Crippen molar-refractivity contribution in [1.29, 1.82) is 0 Å². The summed E-state index contributed by atoms with van der Waals surface area (Å²) in [4.78, 5) is 14.4. The van der Waals surface area contributed by atoms with Crippen molar-refractivity contribution in [3.63, 3.8) is 0 Å². The Morgan fingerprint density at radius 2 is 1.68 bits per heavy atom. The molecule has 0 spiro atoms. The van der Waals surface area contributed by atoms with Gasteiger partial charge in [0.2, 0.25) is 0 Å². The maximum atomic E-state index is 14.7. The predicted octanol–water partition coefficient (Wildman–Crippen LogP) is 6.15. The molecule has 0 radical (unpaired) electrons. The van der Waals surface area contributed by atoms with Gasteiger partial charge in [-0.15, -0.1) is 0 Å². The number of hydrogen-bond acceptors (Lipinski definition) is 6. The van der Waals surface area contributed by atoms with Crippen LogP contribution in [0.25, 0.3) is 0 Å². The molecular formula is C26H37N2O5P. The lowest BCUT2D eigenvalue weighted by molar-refractivity contribution is -0.154. The lowest BCUT2D eigenvalue weighted by Gasteiger charge is -2.38. The number of benzene rings is 2. The van der Waals surface area contributed by atoms with Gasteiger partial charge in [-0.25, -0.2) is 4.67 Å². The van der Waals surface area contributed by atoms with Gasteiger partial charge < -0.3 is 18.9 Å². The zero-order valence-corrected chi connectivity index (χ0v) is 22.4. The van der Waals surface area contributed by atoms with Gasteiger partial charge in [-0.2, -0.15) is 0 Å². The molecule has 8 heteroatoms. The molecule has 1 heterocycles. The molecule has 34 heavy (non-hydrogen) atoms. The van der Waals surface area contributed by atoms with Crippen LogP contribution in [0.2, 0.25) is 0 Å². The number of esters is 1. The summed E-state index contributed by atoms with van der Waals surface area (Å²) >= 11 is 0. The lowest BCUT2D eigenvalue weighted by atomic mass is 9.98. The van der Waals surface area contributed by atoms with Gasteiger partial charge in [-0.3, -0.25) is 9.36 Å². The van der Waals surface area contributed by atoms with Crippen molar-refractivity contribution in [1.82, 2.24) is 4.67 Å². The van der Waals surface area contributed by atoms with Crippen molar-refractivity contribution in [3.05, 3.63) is 53.1 Å². The first-order valence-corrected chi connectivity index (χ1v) is 13.3. The average Bonchev–Trinajstić information content (AvgIpc) is 2.74. The topological polar surface area (TPSA) is 68.3 Å². The summed E-state index contributed by atoms with van der Waals surface area (Å²) in [5.41, 5.74) is 2.54. The van der Waals surface area contributed by atoms with Crippen molar-refractivity contribution in [2.24, 2.45) is 0 Å².